The maximum absolute atomic E-state index is 2.52. The third-order valence-corrected chi connectivity index (χ3v) is 16.6. The van der Waals surface area contributed by atoms with E-state index in [1.165, 1.54) is 44.1 Å². The van der Waals surface area contributed by atoms with Crippen LogP contribution in [0.1, 0.15) is 69.8 Å². The van der Waals surface area contributed by atoms with Crippen LogP contribution in [0.5, 0.6) is 0 Å². The number of hydrogen-bond acceptors (Lipinski definition) is 0. The Morgan fingerprint density at radius 2 is 1.14 bits per heavy atom. The third kappa shape index (κ3) is 4.64. The van der Waals surface area contributed by atoms with E-state index in [4.69, 9.17) is 0 Å². The molecule has 1 aromatic carbocycles. The summed E-state index contributed by atoms with van der Waals surface area (Å²) in [6, 6.07) is 9.80. The molecule has 2 aliphatic carbocycles. The molecule has 2 aliphatic rings. The van der Waals surface area contributed by atoms with E-state index in [0.717, 1.165) is 7.87 Å². The zero-order chi connectivity index (χ0) is 13.8. The monoisotopic (exact) mass is 413 g/mol. The molecule has 0 N–H and O–H groups in total. The van der Waals surface area contributed by atoms with Crippen molar-refractivity contribution in [2.45, 2.75) is 79.0 Å². The van der Waals surface area contributed by atoms with Crippen molar-refractivity contribution in [3.63, 3.8) is 0 Å². The van der Waals surface area contributed by atoms with Crippen molar-refractivity contribution in [2.24, 2.45) is 0 Å². The van der Waals surface area contributed by atoms with E-state index in [2.05, 4.69) is 31.2 Å². The molecule has 0 nitrogen and oxygen atoms in total. The van der Waals surface area contributed by atoms with E-state index >= 15 is 0 Å². The molecule has 0 atom stereocenters. The van der Waals surface area contributed by atoms with Gasteiger partial charge in [0.1, 0.15) is 0 Å². The first-order valence-corrected chi connectivity index (χ1v) is 13.5. The zero-order valence-corrected chi connectivity index (χ0v) is 17.1. The van der Waals surface area contributed by atoms with Crippen molar-refractivity contribution >= 4 is 35.7 Å². The molecular formula is C19H30ClSn. The summed E-state index contributed by atoms with van der Waals surface area (Å²) in [5, 5.41) is 0. The normalized spacial score (nSPS) is 21.2. The first-order chi connectivity index (χ1) is 9.84. The van der Waals surface area contributed by atoms with Crippen molar-refractivity contribution in [1.29, 1.82) is 0 Å². The molecule has 0 saturated heterocycles. The van der Waals surface area contributed by atoms with Crippen LogP contribution in [0, 0.1) is 6.92 Å². The van der Waals surface area contributed by atoms with Gasteiger partial charge in [-0.25, -0.2) is 0 Å². The fourth-order valence-electron chi connectivity index (χ4n) is 4.38. The van der Waals surface area contributed by atoms with Gasteiger partial charge in [0.15, 0.2) is 0 Å². The number of benzene rings is 1. The number of halogens is 1. The van der Waals surface area contributed by atoms with E-state index in [0.29, 0.717) is 0 Å². The number of rotatable bonds is 3. The molecule has 0 unspecified atom stereocenters. The molecule has 1 radical (unpaired) electrons. The molecule has 0 aromatic heterocycles. The molecule has 0 bridgehead atoms. The Morgan fingerprint density at radius 3 is 1.57 bits per heavy atom. The second-order valence-electron chi connectivity index (χ2n) is 6.99. The van der Waals surface area contributed by atoms with Crippen LogP contribution in [0.15, 0.2) is 24.3 Å². The largest absolute Gasteiger partial charge is 0.147 e. The van der Waals surface area contributed by atoms with E-state index in [1.807, 2.05) is 3.58 Å². The minimum absolute atomic E-state index is 0. The molecule has 0 aliphatic heterocycles. The van der Waals surface area contributed by atoms with Gasteiger partial charge in [0.2, 0.25) is 0 Å². The first-order valence-electron chi connectivity index (χ1n) is 8.78. The van der Waals surface area contributed by atoms with Crippen molar-refractivity contribution in [1.82, 2.24) is 0 Å². The van der Waals surface area contributed by atoms with Gasteiger partial charge < -0.3 is 0 Å². The standard InChI is InChI=1S/C7H7.2C6H11.ClH.Sn/c1-7-5-3-2-4-6-7;2*1-2-4-6-5-3-1;;/h3-6H,1H3;2*1H,2-6H2;1H;. The van der Waals surface area contributed by atoms with Gasteiger partial charge in [-0.15, -0.1) is 12.4 Å². The summed E-state index contributed by atoms with van der Waals surface area (Å²) in [7, 11) is 0. The number of aryl methyl sites for hydroxylation is 1. The molecule has 0 heterocycles. The fourth-order valence-corrected chi connectivity index (χ4v) is 16.4. The summed E-state index contributed by atoms with van der Waals surface area (Å²) in [5.74, 6) is 0. The van der Waals surface area contributed by atoms with Gasteiger partial charge in [0, 0.05) is 0 Å². The smallest absolute Gasteiger partial charge is 0.147 e. The van der Waals surface area contributed by atoms with E-state index < -0.39 is 19.8 Å². The van der Waals surface area contributed by atoms with Crippen LogP contribution in [0.3, 0.4) is 0 Å². The molecule has 21 heavy (non-hydrogen) atoms. The van der Waals surface area contributed by atoms with Crippen LogP contribution in [-0.2, 0) is 0 Å². The summed E-state index contributed by atoms with van der Waals surface area (Å²) in [5.41, 5.74) is 1.43. The van der Waals surface area contributed by atoms with E-state index in [-0.39, 0.29) is 12.4 Å². The van der Waals surface area contributed by atoms with Gasteiger partial charge in [0.05, 0.1) is 0 Å². The Kier molecular flexibility index (Phi) is 7.41. The minimum Gasteiger partial charge on any atom is -0.147 e. The molecule has 2 saturated carbocycles. The summed E-state index contributed by atoms with van der Waals surface area (Å²) in [6.07, 6.45) is 15.4. The fraction of sp³-hybridized carbons (Fsp3) is 0.684. The molecule has 3 rings (SSSR count). The molecule has 2 heteroatoms. The van der Waals surface area contributed by atoms with Gasteiger partial charge >= 0.3 is 132 Å². The van der Waals surface area contributed by atoms with E-state index in [1.54, 1.807) is 25.7 Å². The summed E-state index contributed by atoms with van der Waals surface area (Å²) >= 11 is -1.45. The molecule has 117 valence electrons. The summed E-state index contributed by atoms with van der Waals surface area (Å²) in [6.45, 7) is 2.23. The van der Waals surface area contributed by atoms with Crippen molar-refractivity contribution in [3.05, 3.63) is 29.8 Å². The van der Waals surface area contributed by atoms with E-state index in [9.17, 15) is 0 Å². The van der Waals surface area contributed by atoms with Crippen LogP contribution in [0.2, 0.25) is 7.87 Å². The Balaban J connectivity index is 0.00000161. The van der Waals surface area contributed by atoms with Gasteiger partial charge in [0.25, 0.3) is 0 Å². The molecule has 0 amide bonds. The van der Waals surface area contributed by atoms with Crippen molar-refractivity contribution in [3.8, 4) is 0 Å². The van der Waals surface area contributed by atoms with Gasteiger partial charge in [-0.2, -0.15) is 0 Å². The quantitative estimate of drug-likeness (QED) is 0.552. The van der Waals surface area contributed by atoms with Gasteiger partial charge in [-0.1, -0.05) is 0 Å². The maximum Gasteiger partial charge on any atom is -0.147 e. The van der Waals surface area contributed by atoms with Crippen molar-refractivity contribution < 1.29 is 0 Å². The predicted molar refractivity (Wildman–Crippen MR) is 97.5 cm³/mol. The average molecular weight is 413 g/mol. The molecule has 0 spiro atoms. The first kappa shape index (κ1) is 17.7. The Morgan fingerprint density at radius 1 is 0.714 bits per heavy atom. The Labute approximate surface area is 144 Å². The van der Waals surface area contributed by atoms with Crippen LogP contribution in [0.25, 0.3) is 0 Å². The van der Waals surface area contributed by atoms with Crippen LogP contribution >= 0.6 is 12.4 Å². The third-order valence-electron chi connectivity index (χ3n) is 5.47. The Bertz CT molecular complexity index is 384. The summed E-state index contributed by atoms with van der Waals surface area (Å²) < 4.78 is 4.17. The number of hydrogen-bond donors (Lipinski definition) is 0. The van der Waals surface area contributed by atoms with Crippen LogP contribution < -0.4 is 3.58 Å². The van der Waals surface area contributed by atoms with Gasteiger partial charge in [-0.3, -0.25) is 0 Å². The minimum atomic E-state index is -1.45. The topological polar surface area (TPSA) is 0 Å². The zero-order valence-electron chi connectivity index (χ0n) is 13.4. The SMILES string of the molecule is Cc1cc[c]([Sn]([CH]2CCCCC2)[CH]2CCCCC2)cc1.Cl. The maximum atomic E-state index is 2.52. The van der Waals surface area contributed by atoms with Crippen LogP contribution in [0.4, 0.5) is 0 Å². The molecular weight excluding hydrogens is 382 g/mol. The van der Waals surface area contributed by atoms with Crippen LogP contribution in [-0.4, -0.2) is 19.8 Å². The van der Waals surface area contributed by atoms with Gasteiger partial charge in [-0.05, 0) is 0 Å². The second kappa shape index (κ2) is 8.81. The predicted octanol–water partition coefficient (Wildman–Crippen LogP) is 5.79. The molecule has 2 fully saturated rings. The van der Waals surface area contributed by atoms with Crippen molar-refractivity contribution in [2.75, 3.05) is 0 Å². The molecule has 1 aromatic rings. The second-order valence-corrected chi connectivity index (χ2v) is 15.9. The Hall–Kier alpha value is 0.309. The summed E-state index contributed by atoms with van der Waals surface area (Å²) in [4.78, 5) is 0. The average Bonchev–Trinajstić information content (AvgIpc) is 2.52.